The Balaban J connectivity index is 1.95. The first-order valence-corrected chi connectivity index (χ1v) is 5.39. The van der Waals surface area contributed by atoms with Crippen LogP contribution in [0.2, 0.25) is 0 Å². The first-order valence-electron chi connectivity index (χ1n) is 4.15. The van der Waals surface area contributed by atoms with E-state index in [-0.39, 0.29) is 0 Å². The standard InChI is InChI=1S/C8H15FIN/c1-11(5-4-8(9)10)6-7-2-3-7/h7-8H,2-6H2,1H3. The van der Waals surface area contributed by atoms with Gasteiger partial charge in [-0.1, -0.05) is 0 Å². The molecule has 1 rings (SSSR count). The van der Waals surface area contributed by atoms with Gasteiger partial charge in [0.25, 0.3) is 0 Å². The molecule has 66 valence electrons. The fourth-order valence-electron chi connectivity index (χ4n) is 1.15. The Morgan fingerprint density at radius 1 is 1.64 bits per heavy atom. The van der Waals surface area contributed by atoms with Crippen LogP contribution in [0.5, 0.6) is 0 Å². The van der Waals surface area contributed by atoms with Crippen LogP contribution in [0.15, 0.2) is 0 Å². The monoisotopic (exact) mass is 271 g/mol. The van der Waals surface area contributed by atoms with E-state index < -0.39 is 4.18 Å². The van der Waals surface area contributed by atoms with Crippen molar-refractivity contribution in [2.75, 3.05) is 20.1 Å². The second kappa shape index (κ2) is 4.60. The van der Waals surface area contributed by atoms with Crippen LogP contribution in [0.4, 0.5) is 4.39 Å². The van der Waals surface area contributed by atoms with Crippen molar-refractivity contribution in [2.45, 2.75) is 23.4 Å². The second-order valence-corrected chi connectivity index (χ2v) is 4.74. The molecule has 1 unspecified atom stereocenters. The van der Waals surface area contributed by atoms with Gasteiger partial charge in [-0.2, -0.15) is 0 Å². The predicted molar refractivity (Wildman–Crippen MR) is 53.8 cm³/mol. The van der Waals surface area contributed by atoms with Crippen molar-refractivity contribution in [1.29, 1.82) is 0 Å². The van der Waals surface area contributed by atoms with Gasteiger partial charge in [-0.25, -0.2) is 4.39 Å². The molecule has 0 spiro atoms. The largest absolute Gasteiger partial charge is 0.306 e. The Morgan fingerprint density at radius 3 is 2.73 bits per heavy atom. The van der Waals surface area contributed by atoms with Crippen LogP contribution in [-0.4, -0.2) is 29.2 Å². The van der Waals surface area contributed by atoms with Gasteiger partial charge in [0.15, 0.2) is 4.18 Å². The van der Waals surface area contributed by atoms with Crippen LogP contribution < -0.4 is 0 Å². The lowest BCUT2D eigenvalue weighted by Gasteiger charge is -2.15. The fourth-order valence-corrected chi connectivity index (χ4v) is 1.43. The minimum absolute atomic E-state index is 0.670. The Morgan fingerprint density at radius 2 is 2.27 bits per heavy atom. The maximum absolute atomic E-state index is 12.4. The summed E-state index contributed by atoms with van der Waals surface area (Å²) in [6, 6.07) is 0. The molecule has 0 aromatic carbocycles. The topological polar surface area (TPSA) is 3.24 Å². The number of hydrogen-bond donors (Lipinski definition) is 0. The lowest BCUT2D eigenvalue weighted by molar-refractivity contribution is 0.294. The number of rotatable bonds is 5. The zero-order chi connectivity index (χ0) is 8.27. The Labute approximate surface area is 81.5 Å². The molecule has 0 radical (unpaired) electrons. The zero-order valence-corrected chi connectivity index (χ0v) is 9.05. The Hall–Kier alpha value is 0.620. The highest BCUT2D eigenvalue weighted by Gasteiger charge is 2.22. The van der Waals surface area contributed by atoms with Crippen molar-refractivity contribution in [3.8, 4) is 0 Å². The van der Waals surface area contributed by atoms with Crippen molar-refractivity contribution in [3.63, 3.8) is 0 Å². The van der Waals surface area contributed by atoms with Gasteiger partial charge in [0.1, 0.15) is 0 Å². The number of hydrogen-bond acceptors (Lipinski definition) is 1. The van der Waals surface area contributed by atoms with Crippen LogP contribution in [0.1, 0.15) is 19.3 Å². The molecule has 0 heterocycles. The van der Waals surface area contributed by atoms with E-state index in [1.807, 2.05) is 22.6 Å². The maximum Gasteiger partial charge on any atom is 0.152 e. The predicted octanol–water partition coefficient (Wildman–Crippen LogP) is 2.45. The molecule has 3 heteroatoms. The summed E-state index contributed by atoms with van der Waals surface area (Å²) in [6.45, 7) is 2.07. The summed E-state index contributed by atoms with van der Waals surface area (Å²) in [6.07, 6.45) is 3.44. The minimum Gasteiger partial charge on any atom is -0.306 e. The van der Waals surface area contributed by atoms with E-state index in [2.05, 4.69) is 11.9 Å². The summed E-state index contributed by atoms with van der Waals surface area (Å²) >= 11 is 1.83. The summed E-state index contributed by atoms with van der Waals surface area (Å²) in [5.74, 6) is 0.923. The van der Waals surface area contributed by atoms with E-state index in [1.165, 1.54) is 19.4 Å². The first-order chi connectivity index (χ1) is 5.18. The third kappa shape index (κ3) is 4.95. The van der Waals surface area contributed by atoms with E-state index in [9.17, 15) is 4.39 Å². The van der Waals surface area contributed by atoms with E-state index in [0.717, 1.165) is 12.5 Å². The molecule has 0 aromatic rings. The molecule has 0 amide bonds. The average Bonchev–Trinajstić information content (AvgIpc) is 2.67. The SMILES string of the molecule is CN(CCC(F)I)CC1CC1. The van der Waals surface area contributed by atoms with E-state index in [4.69, 9.17) is 0 Å². The molecule has 1 atom stereocenters. The lowest BCUT2D eigenvalue weighted by atomic mass is 10.3. The van der Waals surface area contributed by atoms with Gasteiger partial charge in [0, 0.05) is 19.5 Å². The average molecular weight is 271 g/mol. The van der Waals surface area contributed by atoms with Crippen molar-refractivity contribution < 1.29 is 4.39 Å². The summed E-state index contributed by atoms with van der Waals surface area (Å²) in [5, 5.41) is 0. The zero-order valence-electron chi connectivity index (χ0n) is 6.89. The van der Waals surface area contributed by atoms with Crippen LogP contribution in [0, 0.1) is 5.92 Å². The van der Waals surface area contributed by atoms with Gasteiger partial charge in [0.05, 0.1) is 0 Å². The summed E-state index contributed by atoms with van der Waals surface area (Å²) in [5.41, 5.74) is 0. The van der Waals surface area contributed by atoms with Crippen molar-refractivity contribution >= 4 is 22.6 Å². The van der Waals surface area contributed by atoms with Gasteiger partial charge in [-0.05, 0) is 48.4 Å². The van der Waals surface area contributed by atoms with Crippen LogP contribution in [0.3, 0.4) is 0 Å². The summed E-state index contributed by atoms with van der Waals surface area (Å²) < 4.78 is 11.7. The van der Waals surface area contributed by atoms with E-state index >= 15 is 0 Å². The molecular formula is C8H15FIN. The molecule has 1 aliphatic rings. The smallest absolute Gasteiger partial charge is 0.152 e. The third-order valence-electron chi connectivity index (χ3n) is 2.00. The van der Waals surface area contributed by atoms with Gasteiger partial charge < -0.3 is 4.90 Å². The molecule has 0 aliphatic heterocycles. The molecule has 1 fully saturated rings. The van der Waals surface area contributed by atoms with Crippen molar-refractivity contribution in [1.82, 2.24) is 4.90 Å². The van der Waals surface area contributed by atoms with Crippen molar-refractivity contribution in [3.05, 3.63) is 0 Å². The number of halogens is 2. The Bertz CT molecular complexity index is 115. The molecule has 1 nitrogen and oxygen atoms in total. The third-order valence-corrected chi connectivity index (χ3v) is 2.62. The molecule has 11 heavy (non-hydrogen) atoms. The first kappa shape index (κ1) is 9.71. The highest BCUT2D eigenvalue weighted by molar-refractivity contribution is 14.1. The van der Waals surface area contributed by atoms with Gasteiger partial charge in [-0.15, -0.1) is 0 Å². The van der Waals surface area contributed by atoms with E-state index in [1.54, 1.807) is 0 Å². The highest BCUT2D eigenvalue weighted by atomic mass is 127. The van der Waals surface area contributed by atoms with Gasteiger partial charge in [-0.3, -0.25) is 0 Å². The lowest BCUT2D eigenvalue weighted by Crippen LogP contribution is -2.23. The molecule has 1 aliphatic carbocycles. The molecule has 0 bridgehead atoms. The second-order valence-electron chi connectivity index (χ2n) is 3.39. The highest BCUT2D eigenvalue weighted by Crippen LogP contribution is 2.29. The molecule has 0 saturated heterocycles. The normalized spacial score (nSPS) is 20.7. The molecular weight excluding hydrogens is 256 g/mol. The van der Waals surface area contributed by atoms with Crippen LogP contribution in [0.25, 0.3) is 0 Å². The molecule has 0 N–H and O–H groups in total. The molecule has 0 aromatic heterocycles. The van der Waals surface area contributed by atoms with Gasteiger partial charge >= 0.3 is 0 Å². The maximum atomic E-state index is 12.4. The molecule has 1 saturated carbocycles. The van der Waals surface area contributed by atoms with E-state index in [0.29, 0.717) is 6.42 Å². The van der Waals surface area contributed by atoms with Crippen LogP contribution >= 0.6 is 22.6 Å². The number of alkyl halides is 2. The quantitative estimate of drug-likeness (QED) is 0.548. The van der Waals surface area contributed by atoms with Crippen LogP contribution in [-0.2, 0) is 0 Å². The minimum atomic E-state index is -0.672. The Kier molecular flexibility index (Phi) is 4.06. The summed E-state index contributed by atoms with van der Waals surface area (Å²) in [4.78, 5) is 2.24. The van der Waals surface area contributed by atoms with Crippen molar-refractivity contribution in [2.24, 2.45) is 5.92 Å². The fraction of sp³-hybridized carbons (Fsp3) is 1.00. The summed E-state index contributed by atoms with van der Waals surface area (Å²) in [7, 11) is 2.08. The number of nitrogens with zero attached hydrogens (tertiary/aromatic N) is 1. The van der Waals surface area contributed by atoms with Gasteiger partial charge in [0.2, 0.25) is 0 Å².